The number of nitrogens with zero attached hydrogens (tertiary/aromatic N) is 2. The zero-order chi connectivity index (χ0) is 20.1. The number of H-pyrrole nitrogens is 1. The van der Waals surface area contributed by atoms with Gasteiger partial charge in [0.25, 0.3) is 0 Å². The molecule has 2 aromatic heterocycles. The van der Waals surface area contributed by atoms with Crippen molar-refractivity contribution in [2.75, 3.05) is 5.32 Å². The van der Waals surface area contributed by atoms with Gasteiger partial charge in [-0.3, -0.25) is 14.7 Å². The van der Waals surface area contributed by atoms with Crippen molar-refractivity contribution in [3.8, 4) is 0 Å². The van der Waals surface area contributed by atoms with Crippen LogP contribution in [0.1, 0.15) is 69.0 Å². The SMILES string of the molecule is Cc1cc(CC(=O)Nc2cc([C@@H]3CCC[C@H](C(=O)NC(C)C)CC3)[nH]n2)on1. The van der Waals surface area contributed by atoms with Crippen LogP contribution in [0.2, 0.25) is 0 Å². The van der Waals surface area contributed by atoms with Crippen LogP contribution in [0.3, 0.4) is 0 Å². The lowest BCUT2D eigenvalue weighted by atomic mass is 9.95. The number of carbonyl (C=O) groups excluding carboxylic acids is 2. The topological polar surface area (TPSA) is 113 Å². The summed E-state index contributed by atoms with van der Waals surface area (Å²) in [5.41, 5.74) is 1.76. The van der Waals surface area contributed by atoms with Gasteiger partial charge in [0.2, 0.25) is 11.8 Å². The van der Waals surface area contributed by atoms with Crippen molar-refractivity contribution in [2.45, 2.75) is 71.3 Å². The van der Waals surface area contributed by atoms with E-state index in [1.165, 1.54) is 0 Å². The number of hydrogen-bond acceptors (Lipinski definition) is 5. The molecule has 0 radical (unpaired) electrons. The van der Waals surface area contributed by atoms with Crippen LogP contribution in [0.5, 0.6) is 0 Å². The fourth-order valence-corrected chi connectivity index (χ4v) is 3.73. The number of aryl methyl sites for hydroxylation is 1. The third-order valence-corrected chi connectivity index (χ3v) is 5.09. The van der Waals surface area contributed by atoms with E-state index in [4.69, 9.17) is 4.52 Å². The predicted molar refractivity (Wildman–Crippen MR) is 105 cm³/mol. The molecule has 1 aliphatic rings. The quantitative estimate of drug-likeness (QED) is 0.659. The highest BCUT2D eigenvalue weighted by Gasteiger charge is 2.26. The first-order valence-electron chi connectivity index (χ1n) is 9.98. The maximum Gasteiger partial charge on any atom is 0.233 e. The maximum absolute atomic E-state index is 12.3. The average molecular weight is 387 g/mol. The predicted octanol–water partition coefficient (Wildman–Crippen LogP) is 3.08. The van der Waals surface area contributed by atoms with Crippen LogP contribution in [-0.2, 0) is 16.0 Å². The van der Waals surface area contributed by atoms with E-state index < -0.39 is 0 Å². The van der Waals surface area contributed by atoms with E-state index in [0.717, 1.165) is 43.5 Å². The summed E-state index contributed by atoms with van der Waals surface area (Å²) in [6.07, 6.45) is 4.87. The van der Waals surface area contributed by atoms with Gasteiger partial charge >= 0.3 is 0 Å². The smallest absolute Gasteiger partial charge is 0.233 e. The van der Waals surface area contributed by atoms with E-state index in [2.05, 4.69) is 26.0 Å². The van der Waals surface area contributed by atoms with Gasteiger partial charge in [-0.25, -0.2) is 0 Å². The molecule has 8 nitrogen and oxygen atoms in total. The molecule has 0 aliphatic heterocycles. The summed E-state index contributed by atoms with van der Waals surface area (Å²) in [6.45, 7) is 5.79. The summed E-state index contributed by atoms with van der Waals surface area (Å²) in [5, 5.41) is 16.9. The summed E-state index contributed by atoms with van der Waals surface area (Å²) in [6, 6.07) is 3.81. The molecule has 3 rings (SSSR count). The fourth-order valence-electron chi connectivity index (χ4n) is 3.73. The Kier molecular flexibility index (Phi) is 6.49. The maximum atomic E-state index is 12.3. The number of anilines is 1. The zero-order valence-corrected chi connectivity index (χ0v) is 16.7. The Bertz CT molecular complexity index is 810. The minimum absolute atomic E-state index is 0.0832. The van der Waals surface area contributed by atoms with Crippen molar-refractivity contribution in [1.82, 2.24) is 20.7 Å². The van der Waals surface area contributed by atoms with E-state index in [9.17, 15) is 9.59 Å². The third-order valence-electron chi connectivity index (χ3n) is 5.09. The minimum atomic E-state index is -0.194. The first-order valence-corrected chi connectivity index (χ1v) is 9.98. The van der Waals surface area contributed by atoms with Gasteiger partial charge in [0.05, 0.1) is 12.1 Å². The molecule has 2 aromatic rings. The molecular weight excluding hydrogens is 358 g/mol. The molecule has 0 spiro atoms. The Balaban J connectivity index is 1.53. The van der Waals surface area contributed by atoms with Crippen molar-refractivity contribution in [1.29, 1.82) is 0 Å². The second kappa shape index (κ2) is 9.03. The van der Waals surface area contributed by atoms with Gasteiger partial charge in [-0.05, 0) is 46.5 Å². The Morgan fingerprint density at radius 1 is 1.25 bits per heavy atom. The molecule has 2 atom stereocenters. The van der Waals surface area contributed by atoms with Gasteiger partial charge in [0.1, 0.15) is 5.76 Å². The van der Waals surface area contributed by atoms with Crippen molar-refractivity contribution in [3.05, 3.63) is 29.3 Å². The van der Waals surface area contributed by atoms with Crippen LogP contribution in [0.4, 0.5) is 5.82 Å². The Morgan fingerprint density at radius 3 is 2.79 bits per heavy atom. The molecule has 0 unspecified atom stereocenters. The van der Waals surface area contributed by atoms with Gasteiger partial charge in [0, 0.05) is 35.7 Å². The molecule has 0 bridgehead atoms. The van der Waals surface area contributed by atoms with E-state index in [0.29, 0.717) is 17.5 Å². The van der Waals surface area contributed by atoms with E-state index in [1.807, 2.05) is 26.8 Å². The normalized spacial score (nSPS) is 20.0. The second-order valence-electron chi connectivity index (χ2n) is 7.93. The minimum Gasteiger partial charge on any atom is -0.361 e. The molecule has 1 aliphatic carbocycles. The van der Waals surface area contributed by atoms with Crippen molar-refractivity contribution >= 4 is 17.6 Å². The summed E-state index contributed by atoms with van der Waals surface area (Å²) < 4.78 is 5.07. The Labute approximate surface area is 164 Å². The van der Waals surface area contributed by atoms with E-state index >= 15 is 0 Å². The van der Waals surface area contributed by atoms with Gasteiger partial charge in [-0.1, -0.05) is 11.6 Å². The molecule has 8 heteroatoms. The number of hydrogen-bond donors (Lipinski definition) is 3. The molecule has 3 N–H and O–H groups in total. The largest absolute Gasteiger partial charge is 0.361 e. The second-order valence-corrected chi connectivity index (χ2v) is 7.93. The van der Waals surface area contributed by atoms with Gasteiger partial charge < -0.3 is 15.2 Å². The lowest BCUT2D eigenvalue weighted by Gasteiger charge is -2.16. The number of rotatable bonds is 6. The number of aromatic nitrogens is 3. The van der Waals surface area contributed by atoms with E-state index in [-0.39, 0.29) is 30.2 Å². The first-order chi connectivity index (χ1) is 13.4. The molecule has 28 heavy (non-hydrogen) atoms. The molecule has 0 aromatic carbocycles. The molecule has 1 fully saturated rings. The zero-order valence-electron chi connectivity index (χ0n) is 16.7. The highest BCUT2D eigenvalue weighted by atomic mass is 16.5. The van der Waals surface area contributed by atoms with Crippen LogP contribution in [0.25, 0.3) is 0 Å². The molecule has 2 amide bonds. The van der Waals surface area contributed by atoms with Crippen LogP contribution in [0, 0.1) is 12.8 Å². The van der Waals surface area contributed by atoms with Crippen LogP contribution in [0.15, 0.2) is 16.7 Å². The lowest BCUT2D eigenvalue weighted by Crippen LogP contribution is -2.35. The highest BCUT2D eigenvalue weighted by Crippen LogP contribution is 2.34. The average Bonchev–Trinajstić information content (AvgIpc) is 3.16. The van der Waals surface area contributed by atoms with E-state index in [1.54, 1.807) is 6.07 Å². The lowest BCUT2D eigenvalue weighted by molar-refractivity contribution is -0.125. The summed E-state index contributed by atoms with van der Waals surface area (Å²) >= 11 is 0. The highest BCUT2D eigenvalue weighted by molar-refractivity contribution is 5.91. The monoisotopic (exact) mass is 387 g/mol. The summed E-state index contributed by atoms with van der Waals surface area (Å²) in [7, 11) is 0. The van der Waals surface area contributed by atoms with Crippen molar-refractivity contribution in [2.24, 2.45) is 5.92 Å². The van der Waals surface area contributed by atoms with Gasteiger partial charge in [-0.2, -0.15) is 5.10 Å². The summed E-state index contributed by atoms with van der Waals surface area (Å²) in [4.78, 5) is 24.4. The fraction of sp³-hybridized carbons (Fsp3) is 0.600. The standard InChI is InChI=1S/C20H29N5O3/c1-12(2)21-20(27)15-6-4-5-14(7-8-15)17-11-18(24-23-17)22-19(26)10-16-9-13(3)25-28-16/h9,11-12,14-15H,4-8,10H2,1-3H3,(H,21,27)(H2,22,23,24,26)/t14-,15+/m1/s1. The number of aromatic amines is 1. The van der Waals surface area contributed by atoms with Gasteiger partial charge in [0.15, 0.2) is 5.82 Å². The van der Waals surface area contributed by atoms with Gasteiger partial charge in [-0.15, -0.1) is 0 Å². The molecular formula is C20H29N5O3. The molecule has 152 valence electrons. The third kappa shape index (κ3) is 5.43. The number of amides is 2. The van der Waals surface area contributed by atoms with Crippen molar-refractivity contribution < 1.29 is 14.1 Å². The number of carbonyl (C=O) groups is 2. The number of nitrogens with one attached hydrogen (secondary N) is 3. The Morgan fingerprint density at radius 2 is 2.07 bits per heavy atom. The van der Waals surface area contributed by atoms with Crippen LogP contribution >= 0.6 is 0 Å². The van der Waals surface area contributed by atoms with Crippen LogP contribution < -0.4 is 10.6 Å². The Hall–Kier alpha value is -2.64. The van der Waals surface area contributed by atoms with Crippen LogP contribution in [-0.4, -0.2) is 33.2 Å². The molecule has 1 saturated carbocycles. The van der Waals surface area contributed by atoms with Crippen molar-refractivity contribution in [3.63, 3.8) is 0 Å². The molecule has 0 saturated heterocycles. The molecule has 2 heterocycles. The summed E-state index contributed by atoms with van der Waals surface area (Å²) in [5.74, 6) is 1.41. The first kappa shape index (κ1) is 20.1.